The molecule has 0 aliphatic carbocycles. The molecule has 0 amide bonds. The zero-order valence-electron chi connectivity index (χ0n) is 12.5. The highest BCUT2D eigenvalue weighted by Gasteiger charge is 2.18. The molecule has 114 valence electrons. The van der Waals surface area contributed by atoms with Gasteiger partial charge in [0, 0.05) is 22.0 Å². The van der Waals surface area contributed by atoms with E-state index < -0.39 is 5.63 Å². The molecule has 2 aromatic carbocycles. The molecule has 0 bridgehead atoms. The number of aliphatic imine (C=N–C) groups is 1. The van der Waals surface area contributed by atoms with Crippen LogP contribution in [-0.4, -0.2) is 6.08 Å². The highest BCUT2D eigenvalue weighted by Crippen LogP contribution is 2.38. The highest BCUT2D eigenvalue weighted by atomic mass is 35.5. The summed E-state index contributed by atoms with van der Waals surface area (Å²) in [7, 11) is 0. The van der Waals surface area contributed by atoms with Crippen LogP contribution in [0.5, 0.6) is 0 Å². The van der Waals surface area contributed by atoms with Crippen molar-refractivity contribution in [3.8, 4) is 11.1 Å². The number of nitrogens with zero attached hydrogens (tertiary/aromatic N) is 1. The maximum Gasteiger partial charge on any atom is 0.363 e. The number of hydrogen-bond acceptors (Lipinski definition) is 4. The minimum Gasteiger partial charge on any atom is -0.421 e. The van der Waals surface area contributed by atoms with Gasteiger partial charge in [-0.1, -0.05) is 35.9 Å². The van der Waals surface area contributed by atoms with E-state index in [1.54, 1.807) is 6.07 Å². The molecule has 0 aliphatic rings. The molecule has 23 heavy (non-hydrogen) atoms. The molecule has 0 radical (unpaired) electrons. The lowest BCUT2D eigenvalue weighted by Gasteiger charge is -2.12. The lowest BCUT2D eigenvalue weighted by Crippen LogP contribution is -2.02. The Hall–Kier alpha value is -2.68. The number of halogens is 1. The molecular formula is C18H12ClNO3. The predicted octanol–water partition coefficient (Wildman–Crippen LogP) is 4.70. The van der Waals surface area contributed by atoms with Gasteiger partial charge in [0.1, 0.15) is 5.58 Å². The molecule has 4 nitrogen and oxygen atoms in total. The molecule has 3 rings (SSSR count). The zero-order chi connectivity index (χ0) is 16.6. The molecule has 5 heteroatoms. The topological polar surface area (TPSA) is 59.6 Å². The maximum atomic E-state index is 12.2. The second kappa shape index (κ2) is 5.84. The van der Waals surface area contributed by atoms with Gasteiger partial charge >= 0.3 is 5.63 Å². The van der Waals surface area contributed by atoms with Gasteiger partial charge in [-0.05, 0) is 36.6 Å². The van der Waals surface area contributed by atoms with E-state index >= 15 is 0 Å². The number of hydrogen-bond donors (Lipinski definition) is 0. The monoisotopic (exact) mass is 325 g/mol. The van der Waals surface area contributed by atoms with Gasteiger partial charge in [0.2, 0.25) is 6.08 Å². The van der Waals surface area contributed by atoms with Crippen LogP contribution in [0.1, 0.15) is 11.1 Å². The lowest BCUT2D eigenvalue weighted by atomic mass is 9.95. The predicted molar refractivity (Wildman–Crippen MR) is 90.2 cm³/mol. The SMILES string of the molecule is Cc1cc2c(-c3ccccc3C)c(N=C=O)c(=O)oc2cc1Cl. The summed E-state index contributed by atoms with van der Waals surface area (Å²) in [6.45, 7) is 3.78. The second-order valence-corrected chi connectivity index (χ2v) is 5.64. The lowest BCUT2D eigenvalue weighted by molar-refractivity contribution is 0.557. The first-order valence-electron chi connectivity index (χ1n) is 6.93. The first-order chi connectivity index (χ1) is 11.0. The first kappa shape index (κ1) is 15.2. The second-order valence-electron chi connectivity index (χ2n) is 5.23. The van der Waals surface area contributed by atoms with Gasteiger partial charge in [-0.2, -0.15) is 4.99 Å². The summed E-state index contributed by atoms with van der Waals surface area (Å²) in [5.74, 6) is 0. The molecule has 3 aromatic rings. The van der Waals surface area contributed by atoms with Crippen LogP contribution in [0.3, 0.4) is 0 Å². The van der Waals surface area contributed by atoms with Crippen LogP contribution in [0.25, 0.3) is 22.1 Å². The Morgan fingerprint density at radius 3 is 2.57 bits per heavy atom. The Bertz CT molecular complexity index is 1030. The van der Waals surface area contributed by atoms with Crippen molar-refractivity contribution in [2.24, 2.45) is 4.99 Å². The van der Waals surface area contributed by atoms with Crippen LogP contribution < -0.4 is 5.63 Å². The van der Waals surface area contributed by atoms with Crippen molar-refractivity contribution >= 4 is 34.3 Å². The average Bonchev–Trinajstić information content (AvgIpc) is 2.51. The van der Waals surface area contributed by atoms with E-state index in [0.717, 1.165) is 16.7 Å². The Kier molecular flexibility index (Phi) is 3.87. The molecule has 0 N–H and O–H groups in total. The number of aryl methyl sites for hydroxylation is 2. The summed E-state index contributed by atoms with van der Waals surface area (Å²) in [6, 6.07) is 11.0. The third kappa shape index (κ3) is 2.59. The summed E-state index contributed by atoms with van der Waals surface area (Å²) < 4.78 is 5.27. The van der Waals surface area contributed by atoms with Crippen LogP contribution in [0.4, 0.5) is 5.69 Å². The van der Waals surface area contributed by atoms with Gasteiger partial charge in [0.25, 0.3) is 0 Å². The molecule has 0 saturated heterocycles. The Balaban J connectivity index is 2.57. The molecule has 0 fully saturated rings. The molecule has 0 unspecified atom stereocenters. The molecule has 0 saturated carbocycles. The number of carbonyl (C=O) groups excluding carboxylic acids is 1. The first-order valence-corrected chi connectivity index (χ1v) is 7.31. The summed E-state index contributed by atoms with van der Waals surface area (Å²) >= 11 is 6.12. The van der Waals surface area contributed by atoms with E-state index in [9.17, 15) is 9.59 Å². The normalized spacial score (nSPS) is 10.6. The van der Waals surface area contributed by atoms with Gasteiger partial charge in [0.05, 0.1) is 0 Å². The van der Waals surface area contributed by atoms with Crippen LogP contribution in [-0.2, 0) is 4.79 Å². The minimum absolute atomic E-state index is 0.0523. The fourth-order valence-electron chi connectivity index (χ4n) is 2.59. The summed E-state index contributed by atoms with van der Waals surface area (Å²) in [4.78, 5) is 26.6. The average molecular weight is 326 g/mol. The minimum atomic E-state index is -0.695. The van der Waals surface area contributed by atoms with Crippen LogP contribution in [0.15, 0.2) is 50.6 Å². The van der Waals surface area contributed by atoms with E-state index in [-0.39, 0.29) is 5.69 Å². The zero-order valence-corrected chi connectivity index (χ0v) is 13.3. The van der Waals surface area contributed by atoms with Crippen molar-refractivity contribution in [3.05, 3.63) is 63.0 Å². The summed E-state index contributed by atoms with van der Waals surface area (Å²) in [5.41, 5.74) is 2.76. The number of fused-ring (bicyclic) bond motifs is 1. The fraction of sp³-hybridized carbons (Fsp3) is 0.111. The third-order valence-corrected chi connectivity index (χ3v) is 4.14. The van der Waals surface area contributed by atoms with E-state index in [1.807, 2.05) is 44.2 Å². The Morgan fingerprint density at radius 1 is 1.13 bits per heavy atom. The molecule has 0 aliphatic heterocycles. The standard InChI is InChI=1S/C18H12ClNO3/c1-10-5-3-4-6-12(10)16-13-7-11(2)14(19)8-15(13)23-18(22)17(16)20-9-21/h3-8H,1-2H3. The third-order valence-electron chi connectivity index (χ3n) is 3.73. The Labute approximate surface area is 137 Å². The van der Waals surface area contributed by atoms with Crippen molar-refractivity contribution in [1.29, 1.82) is 0 Å². The van der Waals surface area contributed by atoms with Crippen molar-refractivity contribution in [2.75, 3.05) is 0 Å². The fourth-order valence-corrected chi connectivity index (χ4v) is 2.75. The van der Waals surface area contributed by atoms with E-state index in [4.69, 9.17) is 16.0 Å². The van der Waals surface area contributed by atoms with Gasteiger partial charge in [-0.25, -0.2) is 9.59 Å². The van der Waals surface area contributed by atoms with Gasteiger partial charge in [0.15, 0.2) is 5.69 Å². The maximum absolute atomic E-state index is 12.2. The summed E-state index contributed by atoms with van der Waals surface area (Å²) in [5, 5.41) is 1.18. The number of isocyanates is 1. The Morgan fingerprint density at radius 2 is 1.87 bits per heavy atom. The largest absolute Gasteiger partial charge is 0.421 e. The number of benzene rings is 2. The highest BCUT2D eigenvalue weighted by molar-refractivity contribution is 6.32. The van der Waals surface area contributed by atoms with Crippen molar-refractivity contribution in [3.63, 3.8) is 0 Å². The van der Waals surface area contributed by atoms with E-state index in [1.165, 1.54) is 6.08 Å². The van der Waals surface area contributed by atoms with Gasteiger partial charge < -0.3 is 4.42 Å². The summed E-state index contributed by atoms with van der Waals surface area (Å²) in [6.07, 6.45) is 1.43. The van der Waals surface area contributed by atoms with Crippen LogP contribution in [0, 0.1) is 13.8 Å². The molecule has 1 aromatic heterocycles. The molecule has 0 atom stereocenters. The van der Waals surface area contributed by atoms with Crippen molar-refractivity contribution in [2.45, 2.75) is 13.8 Å². The number of rotatable bonds is 2. The van der Waals surface area contributed by atoms with Crippen molar-refractivity contribution < 1.29 is 9.21 Å². The van der Waals surface area contributed by atoms with Gasteiger partial charge in [-0.3, -0.25) is 0 Å². The quantitative estimate of drug-likeness (QED) is 0.390. The van der Waals surface area contributed by atoms with E-state index in [2.05, 4.69) is 4.99 Å². The van der Waals surface area contributed by atoms with Crippen LogP contribution in [0.2, 0.25) is 5.02 Å². The smallest absolute Gasteiger partial charge is 0.363 e. The van der Waals surface area contributed by atoms with E-state index in [0.29, 0.717) is 21.6 Å². The van der Waals surface area contributed by atoms with Crippen LogP contribution >= 0.6 is 11.6 Å². The van der Waals surface area contributed by atoms with Crippen molar-refractivity contribution in [1.82, 2.24) is 0 Å². The van der Waals surface area contributed by atoms with Gasteiger partial charge in [-0.15, -0.1) is 0 Å². The molecule has 1 heterocycles. The molecule has 0 spiro atoms. The molecular weight excluding hydrogens is 314 g/mol.